The van der Waals surface area contributed by atoms with Crippen LogP contribution in [0.15, 0.2) is 164 Å². The quantitative estimate of drug-likeness (QED) is 0.193. The summed E-state index contributed by atoms with van der Waals surface area (Å²) in [6, 6.07) is 53.9. The number of hydrogen-bond donors (Lipinski definition) is 0. The van der Waals surface area contributed by atoms with E-state index in [9.17, 15) is 0 Å². The fraction of sp³-hybridized carbons (Fsp3) is 0. The minimum Gasteiger partial charge on any atom is -0.264 e. The molecule has 0 fully saturated rings. The minimum absolute atomic E-state index is 0.919. The van der Waals surface area contributed by atoms with E-state index in [1.54, 1.807) is 6.20 Å². The molecule has 0 aliphatic carbocycles. The van der Waals surface area contributed by atoms with Crippen LogP contribution in [0.3, 0.4) is 0 Å². The Kier molecular flexibility index (Phi) is 6.14. The van der Waals surface area contributed by atoms with Gasteiger partial charge >= 0.3 is 0 Å². The first kappa shape index (κ1) is 26.2. The second kappa shape index (κ2) is 10.8. The lowest BCUT2D eigenvalue weighted by molar-refractivity contribution is 1.30. The summed E-state index contributed by atoms with van der Waals surface area (Å²) in [6.45, 7) is 0. The molecule has 0 amide bonds. The Morgan fingerprint density at radius 3 is 1.52 bits per heavy atom. The maximum atomic E-state index is 5.10. The fourth-order valence-corrected chi connectivity index (χ4v) is 6.44. The Labute approximate surface area is 266 Å². The summed E-state index contributed by atoms with van der Waals surface area (Å²) in [4.78, 5) is 14.3. The maximum absolute atomic E-state index is 5.10. The first-order valence-corrected chi connectivity index (χ1v) is 15.5. The molecule has 46 heavy (non-hydrogen) atoms. The summed E-state index contributed by atoms with van der Waals surface area (Å²) in [5, 5.41) is 7.31. The Morgan fingerprint density at radius 1 is 0.326 bits per heavy atom. The molecule has 3 heteroatoms. The Balaban J connectivity index is 1.04. The second-order valence-electron chi connectivity index (χ2n) is 11.7. The second-order valence-corrected chi connectivity index (χ2v) is 11.7. The average molecular weight is 586 g/mol. The minimum atomic E-state index is 0.919. The third-order valence-electron chi connectivity index (χ3n) is 8.94. The molecule has 3 aromatic heterocycles. The van der Waals surface area contributed by atoms with Crippen molar-refractivity contribution in [2.45, 2.75) is 0 Å². The van der Waals surface area contributed by atoms with Gasteiger partial charge in [-0.3, -0.25) is 4.98 Å². The SMILES string of the molecule is c1cncc(-c2ccc3ccc(-c4ccc5ccc(-c6ccc(-c7ccc8ccc9ccccc9c8c7)cc6)nc5c4)cc3n2)c1. The van der Waals surface area contributed by atoms with Gasteiger partial charge in [0.25, 0.3) is 0 Å². The van der Waals surface area contributed by atoms with Crippen molar-refractivity contribution in [2.24, 2.45) is 0 Å². The molecule has 0 bridgehead atoms. The molecule has 214 valence electrons. The van der Waals surface area contributed by atoms with Crippen LogP contribution in [0, 0.1) is 0 Å². The first-order valence-electron chi connectivity index (χ1n) is 15.5. The van der Waals surface area contributed by atoms with Crippen molar-refractivity contribution in [1.29, 1.82) is 0 Å². The molecule has 0 radical (unpaired) electrons. The number of rotatable bonds is 4. The van der Waals surface area contributed by atoms with Crippen molar-refractivity contribution in [3.8, 4) is 44.8 Å². The van der Waals surface area contributed by atoms with Gasteiger partial charge in [-0.15, -0.1) is 0 Å². The number of benzene rings is 6. The van der Waals surface area contributed by atoms with Crippen molar-refractivity contribution in [3.05, 3.63) is 164 Å². The first-order chi connectivity index (χ1) is 22.7. The molecule has 6 aromatic carbocycles. The molecule has 3 nitrogen and oxygen atoms in total. The highest BCUT2D eigenvalue weighted by Crippen LogP contribution is 2.32. The van der Waals surface area contributed by atoms with E-state index in [0.29, 0.717) is 0 Å². The van der Waals surface area contributed by atoms with Crippen LogP contribution in [-0.4, -0.2) is 15.0 Å². The molecule has 0 saturated heterocycles. The highest BCUT2D eigenvalue weighted by atomic mass is 14.7. The molecule has 0 unspecified atom stereocenters. The predicted molar refractivity (Wildman–Crippen MR) is 192 cm³/mol. The van der Waals surface area contributed by atoms with Crippen molar-refractivity contribution in [3.63, 3.8) is 0 Å². The zero-order valence-corrected chi connectivity index (χ0v) is 24.9. The normalized spacial score (nSPS) is 11.5. The monoisotopic (exact) mass is 585 g/mol. The van der Waals surface area contributed by atoms with Gasteiger partial charge in [-0.1, -0.05) is 109 Å². The van der Waals surface area contributed by atoms with Crippen molar-refractivity contribution < 1.29 is 0 Å². The van der Waals surface area contributed by atoms with E-state index in [-0.39, 0.29) is 0 Å². The standard InChI is InChI=1S/C43H27N3/c1-2-6-38-29(4-1)9-10-30-11-16-34(24-39(30)38)28-7-12-31(13-8-28)40-21-19-32-14-17-35(25-42(32)45-40)36-18-15-33-20-22-41(46-43(33)26-36)37-5-3-23-44-27-37/h1-27H. The maximum Gasteiger partial charge on any atom is 0.0725 e. The van der Waals surface area contributed by atoms with Gasteiger partial charge < -0.3 is 0 Å². The van der Waals surface area contributed by atoms with Gasteiger partial charge in [-0.25, -0.2) is 9.97 Å². The molecule has 0 spiro atoms. The summed E-state index contributed by atoms with van der Waals surface area (Å²) in [5.41, 5.74) is 10.6. The molecule has 9 aromatic rings. The number of nitrogens with zero attached hydrogens (tertiary/aromatic N) is 3. The molecule has 0 atom stereocenters. The van der Waals surface area contributed by atoms with Crippen LogP contribution in [0.1, 0.15) is 0 Å². The smallest absolute Gasteiger partial charge is 0.0725 e. The lowest BCUT2D eigenvalue weighted by Crippen LogP contribution is -1.89. The van der Waals surface area contributed by atoms with Crippen LogP contribution < -0.4 is 0 Å². The predicted octanol–water partition coefficient (Wildman–Crippen LogP) is 11.2. The zero-order valence-electron chi connectivity index (χ0n) is 24.9. The third-order valence-corrected chi connectivity index (χ3v) is 8.94. The van der Waals surface area contributed by atoms with E-state index in [1.165, 1.54) is 32.7 Å². The average Bonchev–Trinajstić information content (AvgIpc) is 3.14. The van der Waals surface area contributed by atoms with Gasteiger partial charge in [-0.05, 0) is 86.3 Å². The number of aromatic nitrogens is 3. The van der Waals surface area contributed by atoms with E-state index in [2.05, 4.69) is 145 Å². The van der Waals surface area contributed by atoms with Crippen LogP contribution in [0.2, 0.25) is 0 Å². The molecule has 0 saturated carbocycles. The largest absolute Gasteiger partial charge is 0.264 e. The number of fused-ring (bicyclic) bond motifs is 5. The Morgan fingerprint density at radius 2 is 0.848 bits per heavy atom. The van der Waals surface area contributed by atoms with Crippen molar-refractivity contribution in [2.75, 3.05) is 0 Å². The van der Waals surface area contributed by atoms with Gasteiger partial charge in [0.1, 0.15) is 0 Å². The van der Waals surface area contributed by atoms with Crippen LogP contribution in [0.25, 0.3) is 88.1 Å². The number of pyridine rings is 3. The van der Waals surface area contributed by atoms with Gasteiger partial charge in [0.05, 0.1) is 22.4 Å². The molecule has 0 aliphatic heterocycles. The zero-order chi connectivity index (χ0) is 30.5. The van der Waals surface area contributed by atoms with E-state index in [1.807, 2.05) is 18.3 Å². The van der Waals surface area contributed by atoms with Crippen LogP contribution >= 0.6 is 0 Å². The Bertz CT molecular complexity index is 2570. The highest BCUT2D eigenvalue weighted by Gasteiger charge is 2.09. The molecule has 0 N–H and O–H groups in total. The van der Waals surface area contributed by atoms with Crippen LogP contribution in [-0.2, 0) is 0 Å². The van der Waals surface area contributed by atoms with E-state index < -0.39 is 0 Å². The molecular formula is C43H27N3. The van der Waals surface area contributed by atoms with E-state index in [4.69, 9.17) is 9.97 Å². The Hall–Kier alpha value is -6.19. The summed E-state index contributed by atoms with van der Waals surface area (Å²) >= 11 is 0. The van der Waals surface area contributed by atoms with Crippen LogP contribution in [0.5, 0.6) is 0 Å². The lowest BCUT2D eigenvalue weighted by atomic mass is 9.96. The molecular weight excluding hydrogens is 558 g/mol. The van der Waals surface area contributed by atoms with Crippen molar-refractivity contribution >= 4 is 43.4 Å². The van der Waals surface area contributed by atoms with Gasteiger partial charge in [-0.2, -0.15) is 0 Å². The fourth-order valence-electron chi connectivity index (χ4n) is 6.44. The van der Waals surface area contributed by atoms with Gasteiger partial charge in [0, 0.05) is 34.3 Å². The molecule has 9 rings (SSSR count). The number of hydrogen-bond acceptors (Lipinski definition) is 3. The van der Waals surface area contributed by atoms with Crippen LogP contribution in [0.4, 0.5) is 0 Å². The van der Waals surface area contributed by atoms with Crippen molar-refractivity contribution in [1.82, 2.24) is 15.0 Å². The van der Waals surface area contributed by atoms with Gasteiger partial charge in [0.2, 0.25) is 0 Å². The topological polar surface area (TPSA) is 38.7 Å². The highest BCUT2D eigenvalue weighted by molar-refractivity contribution is 6.08. The summed E-state index contributed by atoms with van der Waals surface area (Å²) in [5.74, 6) is 0. The molecule has 0 aliphatic rings. The molecule has 3 heterocycles. The lowest BCUT2D eigenvalue weighted by Gasteiger charge is -2.10. The summed E-state index contributed by atoms with van der Waals surface area (Å²) in [7, 11) is 0. The third kappa shape index (κ3) is 4.66. The van der Waals surface area contributed by atoms with E-state index in [0.717, 1.165) is 55.4 Å². The van der Waals surface area contributed by atoms with Gasteiger partial charge in [0.15, 0.2) is 0 Å². The summed E-state index contributed by atoms with van der Waals surface area (Å²) in [6.07, 6.45) is 3.63. The summed E-state index contributed by atoms with van der Waals surface area (Å²) < 4.78 is 0. The van der Waals surface area contributed by atoms with E-state index >= 15 is 0 Å².